The molecule has 0 bridgehead atoms. The Morgan fingerprint density at radius 1 is 1.03 bits per heavy atom. The van der Waals surface area contributed by atoms with Crippen LogP contribution >= 0.6 is 0 Å². The van der Waals surface area contributed by atoms with Gasteiger partial charge in [0.2, 0.25) is 11.2 Å². The van der Waals surface area contributed by atoms with E-state index in [0.29, 0.717) is 17.1 Å². The number of halogens is 1. The van der Waals surface area contributed by atoms with E-state index in [1.54, 1.807) is 6.07 Å². The summed E-state index contributed by atoms with van der Waals surface area (Å²) in [6.45, 7) is 8.68. The highest BCUT2D eigenvalue weighted by Crippen LogP contribution is 2.39. The van der Waals surface area contributed by atoms with Gasteiger partial charge in [-0.25, -0.2) is 4.39 Å². The zero-order valence-corrected chi connectivity index (χ0v) is 18.6. The van der Waals surface area contributed by atoms with Gasteiger partial charge in [-0.3, -0.25) is 0 Å². The fourth-order valence-corrected chi connectivity index (χ4v) is 4.71. The highest BCUT2D eigenvalue weighted by Gasteiger charge is 2.25. The maximum Gasteiger partial charge on any atom is 0.217 e. The van der Waals surface area contributed by atoms with Crippen LogP contribution in [0.2, 0.25) is 0 Å². The molecule has 3 aromatic carbocycles. The summed E-state index contributed by atoms with van der Waals surface area (Å²) in [5.41, 5.74) is 7.83. The summed E-state index contributed by atoms with van der Waals surface area (Å²) >= 11 is 0. The largest absolute Gasteiger partial charge is 0.455 e. The lowest BCUT2D eigenvalue weighted by Gasteiger charge is -2.13. The number of aryl methyl sites for hydroxylation is 2. The van der Waals surface area contributed by atoms with E-state index in [-0.39, 0.29) is 6.04 Å². The van der Waals surface area contributed by atoms with Gasteiger partial charge in [0.1, 0.15) is 24.0 Å². The zero-order valence-electron chi connectivity index (χ0n) is 19.6. The lowest BCUT2D eigenvalue weighted by Crippen LogP contribution is -2.33. The number of benzene rings is 3. The first-order valence-corrected chi connectivity index (χ1v) is 10.8. The topological polar surface area (TPSA) is 17.0 Å². The Balaban J connectivity index is 1.94. The van der Waals surface area contributed by atoms with Crippen molar-refractivity contribution >= 4 is 32.8 Å². The van der Waals surface area contributed by atoms with Crippen molar-refractivity contribution in [2.24, 2.45) is 13.0 Å². The number of hydrogen-bond donors (Lipinski definition) is 0. The molecule has 0 aliphatic heterocycles. The van der Waals surface area contributed by atoms with Crippen LogP contribution in [0.15, 0.2) is 59.0 Å². The average Bonchev–Trinajstić information content (AvgIpc) is 3.12. The Kier molecular flexibility index (Phi) is 4.31. The maximum atomic E-state index is 14.1. The highest BCUT2D eigenvalue weighted by atomic mass is 19.1. The van der Waals surface area contributed by atoms with E-state index in [4.69, 9.17) is 5.79 Å². The van der Waals surface area contributed by atoms with E-state index in [0.717, 1.165) is 45.1 Å². The normalized spacial score (nSPS) is 12.4. The van der Waals surface area contributed by atoms with Crippen molar-refractivity contribution in [2.45, 2.75) is 34.1 Å². The molecule has 0 amide bonds. The van der Waals surface area contributed by atoms with Crippen LogP contribution in [0.5, 0.6) is 0 Å². The Morgan fingerprint density at radius 2 is 1.81 bits per heavy atom. The van der Waals surface area contributed by atoms with Gasteiger partial charge in [0.05, 0.1) is 6.93 Å². The summed E-state index contributed by atoms with van der Waals surface area (Å²) in [4.78, 5) is 0. The van der Waals surface area contributed by atoms with Crippen LogP contribution in [0, 0.1) is 25.6 Å². The van der Waals surface area contributed by atoms with Crippen molar-refractivity contribution in [2.75, 3.05) is 0 Å². The molecule has 31 heavy (non-hydrogen) atoms. The van der Waals surface area contributed by atoms with Gasteiger partial charge >= 0.3 is 0 Å². The second kappa shape index (κ2) is 7.19. The predicted octanol–water partition coefficient (Wildman–Crippen LogP) is 7.19. The van der Waals surface area contributed by atoms with E-state index in [1.165, 1.54) is 17.0 Å². The standard InChI is InChI=1S/C28H27FNO/c1-16(2)12-19-14-25(30(5)24-9-7-6-8-21(19)24)27-18(4)17(3)13-23-22-11-10-20(29)15-26(22)31-28(23)27/h6-11,13-16H,12H2,1-5H3/q+1/i15D. The van der Waals surface area contributed by atoms with Crippen molar-refractivity contribution in [1.29, 1.82) is 0 Å². The monoisotopic (exact) mass is 413 g/mol. The van der Waals surface area contributed by atoms with Crippen LogP contribution in [0.1, 0.15) is 31.9 Å². The molecule has 2 aromatic heterocycles. The molecule has 0 spiro atoms. The predicted molar refractivity (Wildman–Crippen MR) is 126 cm³/mol. The lowest BCUT2D eigenvalue weighted by atomic mass is 9.92. The van der Waals surface area contributed by atoms with Gasteiger partial charge in [0.25, 0.3) is 0 Å². The van der Waals surface area contributed by atoms with Gasteiger partial charge < -0.3 is 4.42 Å². The smallest absolute Gasteiger partial charge is 0.217 e. The Bertz CT molecular complexity index is 1530. The molecule has 0 saturated heterocycles. The van der Waals surface area contributed by atoms with Crippen LogP contribution in [0.3, 0.4) is 0 Å². The van der Waals surface area contributed by atoms with Crippen molar-refractivity contribution in [3.05, 3.63) is 77.1 Å². The summed E-state index contributed by atoms with van der Waals surface area (Å²) < 4.78 is 30.8. The molecule has 3 heteroatoms. The fourth-order valence-electron chi connectivity index (χ4n) is 4.71. The molecule has 2 heterocycles. The molecule has 0 radical (unpaired) electrons. The molecule has 0 aliphatic rings. The fraction of sp³-hybridized carbons (Fsp3) is 0.250. The minimum atomic E-state index is -0.568. The van der Waals surface area contributed by atoms with Crippen LogP contribution < -0.4 is 4.57 Å². The van der Waals surface area contributed by atoms with Crippen LogP contribution in [0.4, 0.5) is 4.39 Å². The molecule has 0 unspecified atom stereocenters. The summed E-state index contributed by atoms with van der Waals surface area (Å²) in [5.74, 6) is -0.0420. The summed E-state index contributed by atoms with van der Waals surface area (Å²) in [6, 6.07) is 15.7. The zero-order chi connectivity index (χ0) is 22.7. The van der Waals surface area contributed by atoms with Gasteiger partial charge in [-0.1, -0.05) is 26.0 Å². The molecule has 0 fully saturated rings. The molecular formula is C28H27FNO+. The Labute approximate surface area is 183 Å². The third kappa shape index (κ3) is 3.11. The number of hydrogen-bond acceptors (Lipinski definition) is 1. The van der Waals surface area contributed by atoms with Gasteiger partial charge in [0, 0.05) is 34.3 Å². The molecule has 0 atom stereocenters. The molecule has 5 aromatic rings. The molecule has 0 saturated carbocycles. The Morgan fingerprint density at radius 3 is 2.58 bits per heavy atom. The van der Waals surface area contributed by atoms with E-state index in [9.17, 15) is 4.39 Å². The first-order chi connectivity index (χ1) is 15.3. The summed E-state index contributed by atoms with van der Waals surface area (Å²) in [6.07, 6.45) is 0.977. The molecular weight excluding hydrogens is 385 g/mol. The van der Waals surface area contributed by atoms with E-state index >= 15 is 0 Å². The number of nitrogens with zero attached hydrogens (tertiary/aromatic N) is 1. The minimum absolute atomic E-state index is 0.191. The summed E-state index contributed by atoms with van der Waals surface area (Å²) in [7, 11) is 2.09. The lowest BCUT2D eigenvalue weighted by molar-refractivity contribution is -0.633. The molecule has 0 aliphatic carbocycles. The SMILES string of the molecule is [2H]c1c(F)ccc2c1oc1c(-c3cc(CC(C)C)c4ccccc4[n+]3C)c(C)c(C)cc12. The third-order valence-corrected chi connectivity index (χ3v) is 6.34. The van der Waals surface area contributed by atoms with Crippen molar-refractivity contribution < 1.29 is 14.7 Å². The van der Waals surface area contributed by atoms with E-state index in [1.807, 2.05) is 0 Å². The molecule has 0 N–H and O–H groups in total. The van der Waals surface area contributed by atoms with Crippen molar-refractivity contribution in [3.63, 3.8) is 0 Å². The number of furan rings is 1. The number of para-hydroxylation sites is 1. The molecule has 156 valence electrons. The first-order valence-electron chi connectivity index (χ1n) is 11.3. The molecule has 2 nitrogen and oxygen atoms in total. The number of pyridine rings is 1. The number of aromatic nitrogens is 1. The van der Waals surface area contributed by atoms with Gasteiger partial charge in [-0.05, 0) is 67.1 Å². The van der Waals surface area contributed by atoms with E-state index < -0.39 is 5.82 Å². The number of rotatable bonds is 3. The molecule has 5 rings (SSSR count). The third-order valence-electron chi connectivity index (χ3n) is 6.34. The van der Waals surface area contributed by atoms with Gasteiger partial charge in [-0.15, -0.1) is 0 Å². The van der Waals surface area contributed by atoms with Crippen molar-refractivity contribution in [1.82, 2.24) is 0 Å². The Hall–Kier alpha value is -3.20. The quantitative estimate of drug-likeness (QED) is 0.286. The van der Waals surface area contributed by atoms with Gasteiger partial charge in [0.15, 0.2) is 0 Å². The van der Waals surface area contributed by atoms with E-state index in [2.05, 4.69) is 75.7 Å². The van der Waals surface area contributed by atoms with Crippen LogP contribution in [-0.2, 0) is 13.5 Å². The first kappa shape index (κ1) is 18.6. The van der Waals surface area contributed by atoms with Crippen molar-refractivity contribution in [3.8, 4) is 11.3 Å². The second-order valence-electron chi connectivity index (χ2n) is 8.95. The second-order valence-corrected chi connectivity index (χ2v) is 8.95. The minimum Gasteiger partial charge on any atom is -0.455 e. The average molecular weight is 414 g/mol. The van der Waals surface area contributed by atoms with Crippen LogP contribution in [0.25, 0.3) is 44.1 Å². The maximum absolute atomic E-state index is 14.1. The number of fused-ring (bicyclic) bond motifs is 4. The van der Waals surface area contributed by atoms with Crippen LogP contribution in [-0.4, -0.2) is 0 Å². The highest BCUT2D eigenvalue weighted by molar-refractivity contribution is 6.10. The summed E-state index contributed by atoms with van der Waals surface area (Å²) in [5, 5.41) is 2.96. The van der Waals surface area contributed by atoms with Gasteiger partial charge in [-0.2, -0.15) is 4.57 Å².